The number of piperidine rings is 2. The largest absolute Gasteiger partial charge is 0.356 e. The monoisotopic (exact) mass is 224 g/mol. The van der Waals surface area contributed by atoms with Crippen LogP contribution in [-0.4, -0.2) is 29.1 Å². The molecule has 0 spiro atoms. The molecular formula is C10H13ClN4. The van der Waals surface area contributed by atoms with Gasteiger partial charge in [-0.1, -0.05) is 11.6 Å². The fourth-order valence-corrected chi connectivity index (χ4v) is 2.75. The van der Waals surface area contributed by atoms with E-state index in [1.165, 1.54) is 12.7 Å². The third-order valence-corrected chi connectivity index (χ3v) is 3.75. The van der Waals surface area contributed by atoms with E-state index >= 15 is 0 Å². The summed E-state index contributed by atoms with van der Waals surface area (Å²) in [5, 5.41) is 0.503. The molecule has 2 bridgehead atoms. The molecule has 3 aliphatic rings. The standard InChI is InChI=1S/C10H13ClN4/c11-8-2-9(14-5-13-8)15-3-6-1-7(4-15)10(6)12/h2,5-7,10H,1,3-4,12H2/t6-,7+,10?. The van der Waals surface area contributed by atoms with Gasteiger partial charge in [-0.05, 0) is 18.3 Å². The van der Waals surface area contributed by atoms with Crippen LogP contribution in [0.4, 0.5) is 5.82 Å². The minimum atomic E-state index is 0.401. The first-order valence-corrected chi connectivity index (χ1v) is 5.60. The number of nitrogens with two attached hydrogens (primary N) is 1. The first kappa shape index (κ1) is 9.36. The Morgan fingerprint density at radius 2 is 2.07 bits per heavy atom. The summed E-state index contributed by atoms with van der Waals surface area (Å²) in [4.78, 5) is 10.4. The summed E-state index contributed by atoms with van der Waals surface area (Å²) < 4.78 is 0. The molecular weight excluding hydrogens is 212 g/mol. The molecule has 15 heavy (non-hydrogen) atoms. The van der Waals surface area contributed by atoms with Crippen LogP contribution in [0.3, 0.4) is 0 Å². The van der Waals surface area contributed by atoms with Gasteiger partial charge in [0.1, 0.15) is 17.3 Å². The minimum absolute atomic E-state index is 0.401. The molecule has 5 heteroatoms. The van der Waals surface area contributed by atoms with E-state index in [4.69, 9.17) is 17.3 Å². The Bertz CT molecular complexity index is 371. The van der Waals surface area contributed by atoms with E-state index in [1.54, 1.807) is 0 Å². The van der Waals surface area contributed by atoms with Gasteiger partial charge in [-0.2, -0.15) is 0 Å². The zero-order valence-electron chi connectivity index (χ0n) is 8.31. The summed E-state index contributed by atoms with van der Waals surface area (Å²) in [6, 6.07) is 2.22. The van der Waals surface area contributed by atoms with E-state index in [0.29, 0.717) is 23.0 Å². The topological polar surface area (TPSA) is 55.0 Å². The maximum absolute atomic E-state index is 6.01. The lowest BCUT2D eigenvalue weighted by Crippen LogP contribution is -2.62. The van der Waals surface area contributed by atoms with Crippen molar-refractivity contribution in [2.75, 3.05) is 18.0 Å². The molecule has 4 rings (SSSR count). The molecule has 3 heterocycles. The van der Waals surface area contributed by atoms with E-state index in [0.717, 1.165) is 18.9 Å². The van der Waals surface area contributed by atoms with Gasteiger partial charge in [0.25, 0.3) is 0 Å². The van der Waals surface area contributed by atoms with Crippen LogP contribution in [0.15, 0.2) is 12.4 Å². The smallest absolute Gasteiger partial charge is 0.134 e. The number of anilines is 1. The zero-order valence-corrected chi connectivity index (χ0v) is 9.06. The van der Waals surface area contributed by atoms with E-state index in [2.05, 4.69) is 14.9 Å². The Labute approximate surface area is 93.5 Å². The third kappa shape index (κ3) is 1.48. The second-order valence-electron chi connectivity index (χ2n) is 4.44. The van der Waals surface area contributed by atoms with Crippen molar-refractivity contribution in [1.29, 1.82) is 0 Å². The Morgan fingerprint density at radius 1 is 1.33 bits per heavy atom. The van der Waals surface area contributed by atoms with Gasteiger partial charge >= 0.3 is 0 Å². The quantitative estimate of drug-likeness (QED) is 0.721. The lowest BCUT2D eigenvalue weighted by molar-refractivity contribution is 0.115. The molecule has 1 aliphatic carbocycles. The second kappa shape index (κ2) is 3.32. The highest BCUT2D eigenvalue weighted by atomic mass is 35.5. The number of aromatic nitrogens is 2. The molecule has 1 unspecified atom stereocenters. The van der Waals surface area contributed by atoms with Crippen molar-refractivity contribution in [2.45, 2.75) is 12.5 Å². The molecule has 80 valence electrons. The number of nitrogens with zero attached hydrogens (tertiary/aromatic N) is 3. The van der Waals surface area contributed by atoms with Crippen LogP contribution in [0.25, 0.3) is 0 Å². The number of rotatable bonds is 1. The maximum atomic E-state index is 6.01. The zero-order chi connectivity index (χ0) is 10.4. The normalized spacial score (nSPS) is 33.7. The maximum Gasteiger partial charge on any atom is 0.134 e. The Kier molecular flexibility index (Phi) is 2.07. The van der Waals surface area contributed by atoms with E-state index < -0.39 is 0 Å². The lowest BCUT2D eigenvalue weighted by Gasteiger charge is -2.52. The number of hydrogen-bond donors (Lipinski definition) is 1. The number of fused-ring (bicyclic) bond motifs is 2. The first-order valence-electron chi connectivity index (χ1n) is 5.22. The molecule has 2 aliphatic heterocycles. The molecule has 3 fully saturated rings. The number of hydrogen-bond acceptors (Lipinski definition) is 4. The van der Waals surface area contributed by atoms with Crippen LogP contribution in [0.5, 0.6) is 0 Å². The molecule has 1 aromatic rings. The molecule has 2 saturated heterocycles. The van der Waals surface area contributed by atoms with Gasteiger partial charge in [0.2, 0.25) is 0 Å². The average Bonchev–Trinajstić information content (AvgIpc) is 2.28. The minimum Gasteiger partial charge on any atom is -0.356 e. The molecule has 0 amide bonds. The predicted molar refractivity (Wildman–Crippen MR) is 58.8 cm³/mol. The third-order valence-electron chi connectivity index (χ3n) is 3.55. The van der Waals surface area contributed by atoms with Crippen LogP contribution in [0, 0.1) is 11.8 Å². The van der Waals surface area contributed by atoms with Crippen molar-refractivity contribution in [1.82, 2.24) is 9.97 Å². The fraction of sp³-hybridized carbons (Fsp3) is 0.600. The van der Waals surface area contributed by atoms with E-state index in [1.807, 2.05) is 6.07 Å². The molecule has 1 saturated carbocycles. The van der Waals surface area contributed by atoms with Crippen molar-refractivity contribution < 1.29 is 0 Å². The molecule has 0 aromatic carbocycles. The molecule has 2 N–H and O–H groups in total. The van der Waals surface area contributed by atoms with Gasteiger partial charge in [-0.25, -0.2) is 9.97 Å². The second-order valence-corrected chi connectivity index (χ2v) is 4.82. The summed E-state index contributed by atoms with van der Waals surface area (Å²) in [7, 11) is 0. The summed E-state index contributed by atoms with van der Waals surface area (Å²) >= 11 is 5.84. The predicted octanol–water partition coefficient (Wildman–Crippen LogP) is 0.913. The van der Waals surface area contributed by atoms with Gasteiger partial charge in [-0.3, -0.25) is 0 Å². The SMILES string of the molecule is NC1[C@@H]2C[C@H]1CN(c1cc(Cl)ncn1)C2. The van der Waals surface area contributed by atoms with Gasteiger partial charge in [0.05, 0.1) is 0 Å². The van der Waals surface area contributed by atoms with Crippen molar-refractivity contribution in [2.24, 2.45) is 17.6 Å². The summed E-state index contributed by atoms with van der Waals surface area (Å²) in [6.45, 7) is 2.01. The lowest BCUT2D eigenvalue weighted by atomic mass is 9.67. The van der Waals surface area contributed by atoms with Crippen molar-refractivity contribution >= 4 is 17.4 Å². The first-order chi connectivity index (χ1) is 7.24. The van der Waals surface area contributed by atoms with E-state index in [9.17, 15) is 0 Å². The molecule has 3 atom stereocenters. The summed E-state index contributed by atoms with van der Waals surface area (Å²) in [5.41, 5.74) is 6.01. The van der Waals surface area contributed by atoms with Crippen LogP contribution in [0.1, 0.15) is 6.42 Å². The van der Waals surface area contributed by atoms with Crippen molar-refractivity contribution in [3.63, 3.8) is 0 Å². The van der Waals surface area contributed by atoms with Gasteiger partial charge in [-0.15, -0.1) is 0 Å². The highest BCUT2D eigenvalue weighted by Crippen LogP contribution is 2.39. The van der Waals surface area contributed by atoms with Gasteiger partial charge in [0, 0.05) is 25.2 Å². The van der Waals surface area contributed by atoms with Crippen LogP contribution >= 0.6 is 11.6 Å². The molecule has 0 radical (unpaired) electrons. The fourth-order valence-electron chi connectivity index (χ4n) is 2.61. The van der Waals surface area contributed by atoms with Crippen molar-refractivity contribution in [3.8, 4) is 0 Å². The Morgan fingerprint density at radius 3 is 2.67 bits per heavy atom. The molecule has 1 aromatic heterocycles. The van der Waals surface area contributed by atoms with Crippen LogP contribution in [-0.2, 0) is 0 Å². The van der Waals surface area contributed by atoms with E-state index in [-0.39, 0.29) is 0 Å². The number of halogens is 1. The highest BCUT2D eigenvalue weighted by Gasteiger charge is 2.44. The summed E-state index contributed by atoms with van der Waals surface area (Å²) in [5.74, 6) is 2.20. The summed E-state index contributed by atoms with van der Waals surface area (Å²) in [6.07, 6.45) is 2.79. The van der Waals surface area contributed by atoms with Crippen LogP contribution < -0.4 is 10.6 Å². The van der Waals surface area contributed by atoms with Gasteiger partial charge in [0.15, 0.2) is 0 Å². The molecule has 4 nitrogen and oxygen atoms in total. The Hall–Kier alpha value is -0.870. The average molecular weight is 225 g/mol. The van der Waals surface area contributed by atoms with Gasteiger partial charge < -0.3 is 10.6 Å². The Balaban J connectivity index is 1.79. The van der Waals surface area contributed by atoms with Crippen molar-refractivity contribution in [3.05, 3.63) is 17.5 Å². The highest BCUT2D eigenvalue weighted by molar-refractivity contribution is 6.29. The van der Waals surface area contributed by atoms with Crippen LogP contribution in [0.2, 0.25) is 5.15 Å².